The van der Waals surface area contributed by atoms with Crippen LogP contribution in [0.2, 0.25) is 0 Å². The highest BCUT2D eigenvalue weighted by molar-refractivity contribution is 5.48. The second-order valence-corrected chi connectivity index (χ2v) is 5.60. The van der Waals surface area contributed by atoms with Crippen LogP contribution in [0.15, 0.2) is 48.7 Å². The fourth-order valence-corrected chi connectivity index (χ4v) is 2.62. The molecular weight excluding hydrogens is 272 g/mol. The van der Waals surface area contributed by atoms with Gasteiger partial charge in [-0.25, -0.2) is 9.97 Å². The summed E-state index contributed by atoms with van der Waals surface area (Å²) < 4.78 is 0. The van der Waals surface area contributed by atoms with Crippen LogP contribution in [0.5, 0.6) is 0 Å². The number of piperazine rings is 1. The molecule has 2 aromatic rings. The van der Waals surface area contributed by atoms with Crippen molar-refractivity contribution in [1.29, 1.82) is 0 Å². The summed E-state index contributed by atoms with van der Waals surface area (Å²) in [5, 5.41) is 0. The molecule has 0 unspecified atom stereocenters. The van der Waals surface area contributed by atoms with Gasteiger partial charge in [0.25, 0.3) is 0 Å². The van der Waals surface area contributed by atoms with Gasteiger partial charge in [0, 0.05) is 44.6 Å². The van der Waals surface area contributed by atoms with Crippen LogP contribution in [0.1, 0.15) is 11.3 Å². The Morgan fingerprint density at radius 3 is 2.55 bits per heavy atom. The van der Waals surface area contributed by atoms with Gasteiger partial charge in [0.05, 0.1) is 0 Å². The molecule has 2 heterocycles. The van der Waals surface area contributed by atoms with E-state index < -0.39 is 0 Å². The van der Waals surface area contributed by atoms with E-state index in [1.807, 2.05) is 25.3 Å². The van der Waals surface area contributed by atoms with Crippen LogP contribution in [-0.4, -0.2) is 47.6 Å². The van der Waals surface area contributed by atoms with Gasteiger partial charge in [-0.2, -0.15) is 0 Å². The van der Waals surface area contributed by atoms with Crippen molar-refractivity contribution in [2.45, 2.75) is 6.92 Å². The molecule has 1 fully saturated rings. The Balaban J connectivity index is 1.49. The van der Waals surface area contributed by atoms with Gasteiger partial charge >= 0.3 is 0 Å². The lowest BCUT2D eigenvalue weighted by molar-refractivity contribution is 0.283. The molecule has 0 radical (unpaired) electrons. The van der Waals surface area contributed by atoms with Crippen molar-refractivity contribution >= 4 is 12.0 Å². The Morgan fingerprint density at radius 1 is 1.05 bits per heavy atom. The Hall–Kier alpha value is -2.20. The van der Waals surface area contributed by atoms with Gasteiger partial charge in [-0.15, -0.1) is 0 Å². The number of rotatable bonds is 4. The summed E-state index contributed by atoms with van der Waals surface area (Å²) in [6.07, 6.45) is 6.27. The molecule has 4 heteroatoms. The Kier molecular flexibility index (Phi) is 4.81. The number of hydrogen-bond donors (Lipinski definition) is 0. The van der Waals surface area contributed by atoms with Crippen LogP contribution in [0.25, 0.3) is 6.08 Å². The average Bonchev–Trinajstić information content (AvgIpc) is 2.56. The van der Waals surface area contributed by atoms with Crippen LogP contribution in [0, 0.1) is 6.92 Å². The van der Waals surface area contributed by atoms with Crippen molar-refractivity contribution in [2.24, 2.45) is 0 Å². The molecule has 1 aliphatic rings. The van der Waals surface area contributed by atoms with E-state index in [0.29, 0.717) is 0 Å². The molecule has 0 bridgehead atoms. The molecule has 22 heavy (non-hydrogen) atoms. The molecule has 0 atom stereocenters. The monoisotopic (exact) mass is 294 g/mol. The number of anilines is 1. The fourth-order valence-electron chi connectivity index (χ4n) is 2.62. The van der Waals surface area contributed by atoms with E-state index in [4.69, 9.17) is 0 Å². The van der Waals surface area contributed by atoms with Gasteiger partial charge in [0.15, 0.2) is 0 Å². The predicted octanol–water partition coefficient (Wildman–Crippen LogP) is 2.62. The largest absolute Gasteiger partial charge is 0.338 e. The average molecular weight is 294 g/mol. The first kappa shape index (κ1) is 14.7. The minimum atomic E-state index is 0.861. The number of benzene rings is 1. The third kappa shape index (κ3) is 3.92. The number of aromatic nitrogens is 2. The maximum Gasteiger partial charge on any atom is 0.225 e. The van der Waals surface area contributed by atoms with E-state index in [-0.39, 0.29) is 0 Å². The minimum absolute atomic E-state index is 0.861. The van der Waals surface area contributed by atoms with Crippen molar-refractivity contribution in [1.82, 2.24) is 14.9 Å². The lowest BCUT2D eigenvalue weighted by atomic mass is 10.2. The van der Waals surface area contributed by atoms with Crippen molar-refractivity contribution in [2.75, 3.05) is 37.6 Å². The lowest BCUT2D eigenvalue weighted by Crippen LogP contribution is -2.47. The minimum Gasteiger partial charge on any atom is -0.338 e. The van der Waals surface area contributed by atoms with Gasteiger partial charge in [0.1, 0.15) is 0 Å². The summed E-state index contributed by atoms with van der Waals surface area (Å²) in [4.78, 5) is 13.6. The van der Waals surface area contributed by atoms with E-state index in [1.165, 1.54) is 5.56 Å². The summed E-state index contributed by atoms with van der Waals surface area (Å²) in [7, 11) is 0. The normalized spacial score (nSPS) is 16.3. The van der Waals surface area contributed by atoms with Crippen molar-refractivity contribution in [3.05, 3.63) is 59.9 Å². The Morgan fingerprint density at radius 2 is 1.82 bits per heavy atom. The fraction of sp³-hybridized carbons (Fsp3) is 0.333. The summed E-state index contributed by atoms with van der Waals surface area (Å²) >= 11 is 0. The molecule has 0 N–H and O–H groups in total. The first-order valence-electron chi connectivity index (χ1n) is 7.80. The summed E-state index contributed by atoms with van der Waals surface area (Å²) in [5.41, 5.74) is 2.28. The number of nitrogens with zero attached hydrogens (tertiary/aromatic N) is 4. The van der Waals surface area contributed by atoms with Gasteiger partial charge in [0.2, 0.25) is 5.95 Å². The molecule has 0 saturated carbocycles. The Bertz CT molecular complexity index is 616. The molecule has 1 aliphatic heterocycles. The first-order valence-corrected chi connectivity index (χ1v) is 7.80. The van der Waals surface area contributed by atoms with E-state index >= 15 is 0 Å². The summed E-state index contributed by atoms with van der Waals surface area (Å²) in [5.74, 6) is 0.861. The van der Waals surface area contributed by atoms with E-state index in [9.17, 15) is 0 Å². The molecular formula is C18H22N4. The summed E-state index contributed by atoms with van der Waals surface area (Å²) in [6, 6.07) is 12.4. The molecule has 1 saturated heterocycles. The lowest BCUT2D eigenvalue weighted by Gasteiger charge is -2.34. The maximum atomic E-state index is 4.51. The van der Waals surface area contributed by atoms with E-state index in [2.05, 4.69) is 56.2 Å². The third-order valence-electron chi connectivity index (χ3n) is 3.91. The Labute approximate surface area is 132 Å². The van der Waals surface area contributed by atoms with Crippen molar-refractivity contribution in [3.8, 4) is 0 Å². The van der Waals surface area contributed by atoms with Gasteiger partial charge in [-0.1, -0.05) is 42.5 Å². The first-order chi connectivity index (χ1) is 10.8. The van der Waals surface area contributed by atoms with E-state index in [1.54, 1.807) is 0 Å². The second-order valence-electron chi connectivity index (χ2n) is 5.60. The van der Waals surface area contributed by atoms with Crippen molar-refractivity contribution < 1.29 is 0 Å². The molecule has 0 aliphatic carbocycles. The molecule has 1 aromatic carbocycles. The van der Waals surface area contributed by atoms with Crippen LogP contribution >= 0.6 is 0 Å². The zero-order valence-corrected chi connectivity index (χ0v) is 13.0. The molecule has 0 amide bonds. The zero-order valence-electron chi connectivity index (χ0n) is 13.0. The molecule has 4 nitrogen and oxygen atoms in total. The van der Waals surface area contributed by atoms with Crippen LogP contribution in [0.3, 0.4) is 0 Å². The van der Waals surface area contributed by atoms with E-state index in [0.717, 1.165) is 44.4 Å². The zero-order chi connectivity index (χ0) is 15.2. The SMILES string of the molecule is Cc1ccnc(N2CCN(C/C=C/c3ccccc3)CC2)n1. The number of hydrogen-bond acceptors (Lipinski definition) is 4. The van der Waals surface area contributed by atoms with Gasteiger partial charge < -0.3 is 4.90 Å². The van der Waals surface area contributed by atoms with Crippen LogP contribution in [0.4, 0.5) is 5.95 Å². The second kappa shape index (κ2) is 7.18. The third-order valence-corrected chi connectivity index (χ3v) is 3.91. The molecule has 0 spiro atoms. The maximum absolute atomic E-state index is 4.51. The smallest absolute Gasteiger partial charge is 0.225 e. The topological polar surface area (TPSA) is 32.3 Å². The van der Waals surface area contributed by atoms with Crippen molar-refractivity contribution in [3.63, 3.8) is 0 Å². The van der Waals surface area contributed by atoms with Gasteiger partial charge in [-0.05, 0) is 18.6 Å². The quantitative estimate of drug-likeness (QED) is 0.867. The standard InChI is InChI=1S/C18H22N4/c1-16-9-10-19-18(20-16)22-14-12-21(13-15-22)11-5-8-17-6-3-2-4-7-17/h2-10H,11-15H2,1H3/b8-5+. The van der Waals surface area contributed by atoms with Crippen LogP contribution in [-0.2, 0) is 0 Å². The predicted molar refractivity (Wildman–Crippen MR) is 90.9 cm³/mol. The molecule has 114 valence electrons. The highest BCUT2D eigenvalue weighted by Gasteiger charge is 2.17. The molecule has 1 aromatic heterocycles. The highest BCUT2D eigenvalue weighted by Crippen LogP contribution is 2.11. The van der Waals surface area contributed by atoms with Gasteiger partial charge in [-0.3, -0.25) is 4.90 Å². The number of aryl methyl sites for hydroxylation is 1. The molecule has 3 rings (SSSR count). The highest BCUT2D eigenvalue weighted by atomic mass is 15.3. The summed E-state index contributed by atoms with van der Waals surface area (Å²) in [6.45, 7) is 7.09. The van der Waals surface area contributed by atoms with Crippen LogP contribution < -0.4 is 4.90 Å².